The summed E-state index contributed by atoms with van der Waals surface area (Å²) in [6.07, 6.45) is 0.976. The molecule has 112 valence electrons. The van der Waals surface area contributed by atoms with E-state index in [1.807, 2.05) is 30.9 Å². The Labute approximate surface area is 126 Å². The third-order valence-corrected chi connectivity index (χ3v) is 4.35. The van der Waals surface area contributed by atoms with Crippen LogP contribution in [-0.4, -0.2) is 30.8 Å². The van der Waals surface area contributed by atoms with Gasteiger partial charge in [-0.3, -0.25) is 0 Å². The van der Waals surface area contributed by atoms with Crippen molar-refractivity contribution in [2.45, 2.75) is 38.8 Å². The second-order valence-electron chi connectivity index (χ2n) is 5.65. The minimum absolute atomic E-state index is 0.142. The Morgan fingerprint density at radius 3 is 2.95 bits per heavy atom. The van der Waals surface area contributed by atoms with Crippen molar-refractivity contribution in [3.63, 3.8) is 0 Å². The first kappa shape index (κ1) is 15.5. The van der Waals surface area contributed by atoms with Gasteiger partial charge >= 0.3 is 0 Å². The van der Waals surface area contributed by atoms with Crippen LogP contribution in [0.25, 0.3) is 0 Å². The molecule has 0 fully saturated rings. The summed E-state index contributed by atoms with van der Waals surface area (Å²) in [4.78, 5) is 0. The number of nitrogens with one attached hydrogen (secondary N) is 1. The summed E-state index contributed by atoms with van der Waals surface area (Å²) in [6, 6.07) is 6.53. The lowest BCUT2D eigenvalue weighted by Gasteiger charge is -2.37. The van der Waals surface area contributed by atoms with Gasteiger partial charge in [0, 0.05) is 29.8 Å². The molecule has 1 atom stereocenters. The van der Waals surface area contributed by atoms with Crippen LogP contribution in [0.4, 0.5) is 0 Å². The van der Waals surface area contributed by atoms with Crippen LogP contribution >= 0.6 is 11.8 Å². The highest BCUT2D eigenvalue weighted by Gasteiger charge is 2.33. The third-order valence-electron chi connectivity index (χ3n) is 3.49. The minimum Gasteiger partial charge on any atom is -0.493 e. The van der Waals surface area contributed by atoms with Gasteiger partial charge in [-0.1, -0.05) is 13.0 Å². The largest absolute Gasteiger partial charge is 0.493 e. The molecule has 4 heteroatoms. The van der Waals surface area contributed by atoms with Crippen molar-refractivity contribution < 1.29 is 9.47 Å². The summed E-state index contributed by atoms with van der Waals surface area (Å²) < 4.78 is 11.9. The van der Waals surface area contributed by atoms with E-state index in [2.05, 4.69) is 32.2 Å². The molecule has 0 radical (unpaired) electrons. The average Bonchev–Trinajstić information content (AvgIpc) is 2.41. The van der Waals surface area contributed by atoms with Gasteiger partial charge in [-0.05, 0) is 32.7 Å². The van der Waals surface area contributed by atoms with Crippen LogP contribution in [0, 0.1) is 0 Å². The molecule has 1 N–H and O–H groups in total. The Balaban J connectivity index is 2.09. The van der Waals surface area contributed by atoms with Gasteiger partial charge in [0.2, 0.25) is 0 Å². The van der Waals surface area contributed by atoms with Crippen molar-refractivity contribution in [1.29, 1.82) is 0 Å². The zero-order valence-corrected chi connectivity index (χ0v) is 13.7. The van der Waals surface area contributed by atoms with Crippen molar-refractivity contribution in [3.8, 4) is 11.5 Å². The predicted octanol–water partition coefficient (Wildman–Crippen LogP) is 3.64. The summed E-state index contributed by atoms with van der Waals surface area (Å²) in [5, 5.41) is 3.37. The first-order chi connectivity index (χ1) is 9.55. The second-order valence-corrected chi connectivity index (χ2v) is 7.05. The fourth-order valence-electron chi connectivity index (χ4n) is 2.54. The molecule has 1 aromatic carbocycles. The number of ether oxygens (including phenoxy) is 2. The normalized spacial score (nSPS) is 20.1. The molecule has 3 nitrogen and oxygen atoms in total. The van der Waals surface area contributed by atoms with E-state index in [4.69, 9.17) is 9.47 Å². The summed E-state index contributed by atoms with van der Waals surface area (Å²) in [5.41, 5.74) is 1.08. The first-order valence-corrected chi connectivity index (χ1v) is 8.42. The van der Waals surface area contributed by atoms with Gasteiger partial charge in [0.05, 0.1) is 6.61 Å². The van der Waals surface area contributed by atoms with E-state index in [1.165, 1.54) is 5.56 Å². The summed E-state index contributed by atoms with van der Waals surface area (Å²) >= 11 is 1.89. The maximum Gasteiger partial charge on any atom is 0.128 e. The van der Waals surface area contributed by atoms with E-state index in [0.29, 0.717) is 6.04 Å². The molecule has 1 aliphatic rings. The fourth-order valence-corrected chi connectivity index (χ4v) is 3.03. The smallest absolute Gasteiger partial charge is 0.128 e. The quantitative estimate of drug-likeness (QED) is 0.812. The van der Waals surface area contributed by atoms with Crippen molar-refractivity contribution in [2.75, 3.05) is 25.2 Å². The topological polar surface area (TPSA) is 30.5 Å². The Kier molecular flexibility index (Phi) is 5.22. The van der Waals surface area contributed by atoms with Crippen LogP contribution in [-0.2, 0) is 0 Å². The lowest BCUT2D eigenvalue weighted by atomic mass is 9.90. The minimum atomic E-state index is -0.142. The molecule has 0 amide bonds. The van der Waals surface area contributed by atoms with E-state index < -0.39 is 0 Å². The van der Waals surface area contributed by atoms with E-state index in [9.17, 15) is 0 Å². The highest BCUT2D eigenvalue weighted by molar-refractivity contribution is 7.99. The highest BCUT2D eigenvalue weighted by atomic mass is 32.2. The van der Waals surface area contributed by atoms with Gasteiger partial charge in [-0.25, -0.2) is 0 Å². The lowest BCUT2D eigenvalue weighted by molar-refractivity contribution is 0.0671. The SMILES string of the molecule is CCSCCOc1ccc2c(c1)OC(C)(C)CC2NC. The highest BCUT2D eigenvalue weighted by Crippen LogP contribution is 2.40. The Morgan fingerprint density at radius 2 is 2.25 bits per heavy atom. The fraction of sp³-hybridized carbons (Fsp3) is 0.625. The number of benzene rings is 1. The van der Waals surface area contributed by atoms with Gasteiger partial charge in [0.15, 0.2) is 0 Å². The van der Waals surface area contributed by atoms with E-state index in [-0.39, 0.29) is 5.60 Å². The molecule has 0 saturated carbocycles. The second kappa shape index (κ2) is 6.72. The monoisotopic (exact) mass is 295 g/mol. The predicted molar refractivity (Wildman–Crippen MR) is 86.1 cm³/mol. The van der Waals surface area contributed by atoms with Gasteiger partial charge in [0.1, 0.15) is 17.1 Å². The number of fused-ring (bicyclic) bond motifs is 1. The standard InChI is InChI=1S/C16H25NO2S/c1-5-20-9-8-18-12-6-7-13-14(17-4)11-16(2,3)19-15(13)10-12/h6-7,10,14,17H,5,8-9,11H2,1-4H3. The van der Waals surface area contributed by atoms with Crippen molar-refractivity contribution >= 4 is 11.8 Å². The van der Waals surface area contributed by atoms with Crippen LogP contribution in [0.2, 0.25) is 0 Å². The number of rotatable bonds is 6. The van der Waals surface area contributed by atoms with E-state index in [1.54, 1.807) is 0 Å². The molecule has 20 heavy (non-hydrogen) atoms. The van der Waals surface area contributed by atoms with Gasteiger partial charge in [-0.15, -0.1) is 0 Å². The molecular formula is C16H25NO2S. The van der Waals surface area contributed by atoms with Crippen molar-refractivity contribution in [1.82, 2.24) is 5.32 Å². The molecule has 0 bridgehead atoms. The maximum atomic E-state index is 6.09. The number of hydrogen-bond donors (Lipinski definition) is 1. The van der Waals surface area contributed by atoms with Gasteiger partial charge in [-0.2, -0.15) is 11.8 Å². The Bertz CT molecular complexity index is 448. The van der Waals surface area contributed by atoms with Crippen LogP contribution in [0.1, 0.15) is 38.8 Å². The van der Waals surface area contributed by atoms with Crippen LogP contribution in [0.5, 0.6) is 11.5 Å². The Hall–Kier alpha value is -0.870. The molecule has 1 heterocycles. The van der Waals surface area contributed by atoms with Gasteiger partial charge in [0.25, 0.3) is 0 Å². The van der Waals surface area contributed by atoms with Crippen molar-refractivity contribution in [3.05, 3.63) is 23.8 Å². The molecule has 1 unspecified atom stereocenters. The molecule has 0 saturated heterocycles. The summed E-state index contributed by atoms with van der Waals surface area (Å²) in [7, 11) is 2.00. The first-order valence-electron chi connectivity index (χ1n) is 7.26. The lowest BCUT2D eigenvalue weighted by Crippen LogP contribution is -2.38. The van der Waals surface area contributed by atoms with E-state index in [0.717, 1.165) is 36.0 Å². The number of hydrogen-bond acceptors (Lipinski definition) is 4. The molecule has 0 aromatic heterocycles. The molecular weight excluding hydrogens is 270 g/mol. The molecule has 0 aliphatic carbocycles. The summed E-state index contributed by atoms with van der Waals surface area (Å²) in [5.74, 6) is 4.00. The average molecular weight is 295 g/mol. The summed E-state index contributed by atoms with van der Waals surface area (Å²) in [6.45, 7) is 7.17. The number of thioether (sulfide) groups is 1. The zero-order chi connectivity index (χ0) is 14.6. The molecule has 1 aliphatic heterocycles. The maximum absolute atomic E-state index is 6.09. The van der Waals surface area contributed by atoms with Crippen molar-refractivity contribution in [2.24, 2.45) is 0 Å². The molecule has 0 spiro atoms. The van der Waals surface area contributed by atoms with Gasteiger partial charge < -0.3 is 14.8 Å². The van der Waals surface area contributed by atoms with E-state index >= 15 is 0 Å². The van der Waals surface area contributed by atoms with Crippen LogP contribution in [0.3, 0.4) is 0 Å². The molecule has 1 aromatic rings. The van der Waals surface area contributed by atoms with Crippen LogP contribution < -0.4 is 14.8 Å². The van der Waals surface area contributed by atoms with Crippen LogP contribution in [0.15, 0.2) is 18.2 Å². The Morgan fingerprint density at radius 1 is 1.45 bits per heavy atom. The zero-order valence-electron chi connectivity index (χ0n) is 12.9. The molecule has 2 rings (SSSR count). The third kappa shape index (κ3) is 3.83.